The number of anilines is 2. The van der Waals surface area contributed by atoms with E-state index in [4.69, 9.17) is 24.5 Å². The topological polar surface area (TPSA) is 174 Å². The van der Waals surface area contributed by atoms with Gasteiger partial charge < -0.3 is 30.6 Å². The lowest BCUT2D eigenvalue weighted by Crippen LogP contribution is -2.41. The standard InChI is InChI=1S/C25H30FN8O5P/c1-4-37-40(35,36)39-12(2)22-29-9-16(10-30-22)38-25-32-23-20(17-6-14(26)7-19(28-3)21(17)31-23)24(33-25)34-11-13-5-15(34)8-18(13)27/h6-7,9-10,12-13,15,18,28H,4-5,8,11,27H2,1-3H3,(H,35,36)(H,31,32,33)/t12-,13-,15-,18-/m1/s1. The van der Waals surface area contributed by atoms with E-state index in [1.54, 1.807) is 14.0 Å². The zero-order valence-electron chi connectivity index (χ0n) is 22.2. The smallest absolute Gasteiger partial charge is 0.421 e. The predicted octanol–water partition coefficient (Wildman–Crippen LogP) is 4.01. The summed E-state index contributed by atoms with van der Waals surface area (Å²) in [5.74, 6) is 1.05. The summed E-state index contributed by atoms with van der Waals surface area (Å²) in [5.41, 5.74) is 8.12. The second-order valence-corrected chi connectivity index (χ2v) is 11.4. The lowest BCUT2D eigenvalue weighted by atomic mass is 10.0. The van der Waals surface area contributed by atoms with Crippen molar-refractivity contribution in [1.29, 1.82) is 0 Å². The van der Waals surface area contributed by atoms with Gasteiger partial charge in [0.15, 0.2) is 11.6 Å². The number of phosphoric ester groups is 1. The molecule has 40 heavy (non-hydrogen) atoms. The number of nitrogens with two attached hydrogens (primary N) is 1. The van der Waals surface area contributed by atoms with Crippen LogP contribution in [0.5, 0.6) is 11.8 Å². The lowest BCUT2D eigenvalue weighted by Gasteiger charge is -2.31. The largest absolute Gasteiger partial charge is 0.472 e. The molecule has 3 aromatic heterocycles. The second-order valence-electron chi connectivity index (χ2n) is 10.0. The van der Waals surface area contributed by atoms with Crippen LogP contribution in [0.3, 0.4) is 0 Å². The molecule has 1 aliphatic carbocycles. The fraction of sp³-hybridized carbons (Fsp3) is 0.440. The number of aromatic amines is 1. The number of fused-ring (bicyclic) bond motifs is 5. The van der Waals surface area contributed by atoms with Crippen LogP contribution < -0.4 is 20.7 Å². The van der Waals surface area contributed by atoms with Gasteiger partial charge in [-0.2, -0.15) is 9.97 Å². The van der Waals surface area contributed by atoms with Crippen molar-refractivity contribution in [2.75, 3.05) is 30.4 Å². The van der Waals surface area contributed by atoms with Crippen molar-refractivity contribution in [3.63, 3.8) is 0 Å². The highest BCUT2D eigenvalue weighted by Gasteiger charge is 2.44. The summed E-state index contributed by atoms with van der Waals surface area (Å²) >= 11 is 0. The van der Waals surface area contributed by atoms with Gasteiger partial charge >= 0.3 is 13.8 Å². The van der Waals surface area contributed by atoms with Gasteiger partial charge in [0, 0.05) is 31.1 Å². The molecule has 5 N–H and O–H groups in total. The normalized spacial score (nSPS) is 22.6. The molecule has 1 aliphatic heterocycles. The third-order valence-electron chi connectivity index (χ3n) is 7.43. The fourth-order valence-electron chi connectivity index (χ4n) is 5.66. The summed E-state index contributed by atoms with van der Waals surface area (Å²) in [7, 11) is -2.50. The number of benzene rings is 1. The molecule has 1 saturated heterocycles. The van der Waals surface area contributed by atoms with Gasteiger partial charge in [-0.1, -0.05) is 0 Å². The second kappa shape index (κ2) is 10.2. The third-order valence-corrected chi connectivity index (χ3v) is 8.59. The zero-order chi connectivity index (χ0) is 28.2. The first-order chi connectivity index (χ1) is 19.2. The van der Waals surface area contributed by atoms with E-state index in [-0.39, 0.29) is 42.1 Å². The Morgan fingerprint density at radius 1 is 1.30 bits per heavy atom. The van der Waals surface area contributed by atoms with Gasteiger partial charge in [-0.3, -0.25) is 9.05 Å². The van der Waals surface area contributed by atoms with E-state index in [9.17, 15) is 13.8 Å². The van der Waals surface area contributed by atoms with Gasteiger partial charge in [0.05, 0.1) is 35.6 Å². The van der Waals surface area contributed by atoms with E-state index in [1.807, 2.05) is 0 Å². The molecular weight excluding hydrogens is 542 g/mol. The first-order valence-corrected chi connectivity index (χ1v) is 14.5. The van der Waals surface area contributed by atoms with Crippen LogP contribution >= 0.6 is 7.82 Å². The molecule has 0 amide bonds. The number of aromatic nitrogens is 5. The minimum atomic E-state index is -4.23. The highest BCUT2D eigenvalue weighted by Crippen LogP contribution is 2.47. The Morgan fingerprint density at radius 3 is 2.73 bits per heavy atom. The van der Waals surface area contributed by atoms with E-state index in [2.05, 4.69) is 30.2 Å². The summed E-state index contributed by atoms with van der Waals surface area (Å²) in [4.78, 5) is 33.0. The van der Waals surface area contributed by atoms with Crippen molar-refractivity contribution < 1.29 is 27.6 Å². The number of piperidine rings is 1. The first-order valence-electron chi connectivity index (χ1n) is 13.0. The highest BCUT2D eigenvalue weighted by molar-refractivity contribution is 7.47. The van der Waals surface area contributed by atoms with E-state index >= 15 is 0 Å². The minimum absolute atomic E-state index is 0.0215. The molecule has 1 aromatic carbocycles. The molecule has 13 nitrogen and oxygen atoms in total. The van der Waals surface area contributed by atoms with Gasteiger partial charge in [-0.15, -0.1) is 0 Å². The first kappa shape index (κ1) is 26.8. The van der Waals surface area contributed by atoms with Crippen LogP contribution in [0.15, 0.2) is 24.5 Å². The molecule has 0 spiro atoms. The van der Waals surface area contributed by atoms with Crippen molar-refractivity contribution in [2.24, 2.45) is 11.7 Å². The Balaban J connectivity index is 1.35. The summed E-state index contributed by atoms with van der Waals surface area (Å²) in [6.07, 6.45) is 3.72. The highest BCUT2D eigenvalue weighted by atomic mass is 31.2. The Hall–Kier alpha value is -3.42. The van der Waals surface area contributed by atoms with E-state index < -0.39 is 13.9 Å². The van der Waals surface area contributed by atoms with E-state index in [1.165, 1.54) is 31.5 Å². The van der Waals surface area contributed by atoms with E-state index in [0.717, 1.165) is 19.4 Å². The molecule has 4 aromatic rings. The minimum Gasteiger partial charge on any atom is -0.421 e. The van der Waals surface area contributed by atoms with Gasteiger partial charge in [0.1, 0.15) is 23.4 Å². The average Bonchev–Trinajstić information content (AvgIpc) is 3.60. The number of hydrogen-bond acceptors (Lipinski definition) is 11. The molecule has 6 rings (SSSR count). The Kier molecular flexibility index (Phi) is 6.83. The number of nitrogens with one attached hydrogen (secondary N) is 2. The summed E-state index contributed by atoms with van der Waals surface area (Å²) < 4.78 is 42.3. The molecule has 1 unspecified atom stereocenters. The molecular formula is C25H30FN8O5P. The summed E-state index contributed by atoms with van der Waals surface area (Å²) in [6.45, 7) is 3.88. The molecule has 4 heterocycles. The molecule has 1 saturated carbocycles. The third kappa shape index (κ3) is 4.86. The maximum Gasteiger partial charge on any atom is 0.472 e. The quantitative estimate of drug-likeness (QED) is 0.213. The fourth-order valence-corrected chi connectivity index (χ4v) is 6.54. The van der Waals surface area contributed by atoms with Crippen molar-refractivity contribution in [3.05, 3.63) is 36.2 Å². The van der Waals surface area contributed by atoms with Crippen molar-refractivity contribution >= 4 is 41.3 Å². The maximum atomic E-state index is 14.6. The number of ether oxygens (including phenoxy) is 1. The number of hydrogen-bond donors (Lipinski definition) is 4. The van der Waals surface area contributed by atoms with Crippen molar-refractivity contribution in [3.8, 4) is 11.8 Å². The lowest BCUT2D eigenvalue weighted by molar-refractivity contribution is 0.112. The number of halogens is 1. The van der Waals surface area contributed by atoms with Crippen LogP contribution in [0.25, 0.3) is 21.9 Å². The predicted molar refractivity (Wildman–Crippen MR) is 146 cm³/mol. The van der Waals surface area contributed by atoms with E-state index in [0.29, 0.717) is 39.4 Å². The number of phosphoric acid groups is 1. The average molecular weight is 573 g/mol. The molecule has 5 atom stereocenters. The molecule has 15 heteroatoms. The molecule has 212 valence electrons. The van der Waals surface area contributed by atoms with Crippen LogP contribution in [-0.4, -0.2) is 62.1 Å². The number of H-pyrrole nitrogens is 1. The summed E-state index contributed by atoms with van der Waals surface area (Å²) in [6, 6.07) is 3.34. The van der Waals surface area contributed by atoms with Gasteiger partial charge in [-0.05, 0) is 44.7 Å². The van der Waals surface area contributed by atoms with Crippen LogP contribution in [0.2, 0.25) is 0 Å². The molecule has 2 aliphatic rings. The molecule has 0 radical (unpaired) electrons. The van der Waals surface area contributed by atoms with Crippen LogP contribution in [0, 0.1) is 11.7 Å². The maximum absolute atomic E-state index is 14.6. The van der Waals surface area contributed by atoms with Crippen molar-refractivity contribution in [2.45, 2.75) is 44.9 Å². The monoisotopic (exact) mass is 572 g/mol. The zero-order valence-corrected chi connectivity index (χ0v) is 23.1. The SMILES string of the molecule is CCOP(=O)(O)O[C@H](C)c1ncc(Oc2nc(N3C[C@H]4C[C@@H]3C[C@H]4N)c3c(n2)[nH]c2c(NC)cc(F)cc23)cn1. The van der Waals surface area contributed by atoms with Gasteiger partial charge in [0.2, 0.25) is 0 Å². The van der Waals surface area contributed by atoms with Crippen LogP contribution in [0.4, 0.5) is 15.9 Å². The van der Waals surface area contributed by atoms with Crippen molar-refractivity contribution in [1.82, 2.24) is 24.9 Å². The van der Waals surface area contributed by atoms with Gasteiger partial charge in [0.25, 0.3) is 0 Å². The van der Waals surface area contributed by atoms with Crippen LogP contribution in [0.1, 0.15) is 38.6 Å². The van der Waals surface area contributed by atoms with Gasteiger partial charge in [-0.25, -0.2) is 18.9 Å². The Bertz CT molecular complexity index is 1620. The number of rotatable bonds is 9. The summed E-state index contributed by atoms with van der Waals surface area (Å²) in [5, 5.41) is 4.41. The Morgan fingerprint density at radius 2 is 2.08 bits per heavy atom. The number of nitrogens with zero attached hydrogens (tertiary/aromatic N) is 5. The molecule has 2 bridgehead atoms. The molecule has 2 fully saturated rings. The van der Waals surface area contributed by atoms with Crippen LogP contribution in [-0.2, 0) is 13.6 Å². The Labute approximate surface area is 228 Å².